The molecule has 0 saturated heterocycles. The lowest BCUT2D eigenvalue weighted by molar-refractivity contribution is -0.138. The van der Waals surface area contributed by atoms with Crippen LogP contribution in [0.3, 0.4) is 0 Å². The van der Waals surface area contributed by atoms with Crippen molar-refractivity contribution in [3.05, 3.63) is 51.6 Å². The summed E-state index contributed by atoms with van der Waals surface area (Å²) in [5.74, 6) is 0.115. The average molecular weight is 379 g/mol. The van der Waals surface area contributed by atoms with Gasteiger partial charge in [-0.3, -0.25) is 0 Å². The van der Waals surface area contributed by atoms with Gasteiger partial charge in [-0.05, 0) is 52.9 Å². The lowest BCUT2D eigenvalue weighted by atomic mass is 10.1. The van der Waals surface area contributed by atoms with Crippen LogP contribution in [-0.4, -0.2) is 0 Å². The van der Waals surface area contributed by atoms with E-state index >= 15 is 0 Å². The second-order valence-corrected chi connectivity index (χ2v) is 4.95. The third kappa shape index (κ3) is 3.31. The van der Waals surface area contributed by atoms with Crippen LogP contribution >= 0.6 is 22.6 Å². The Morgan fingerprint density at radius 1 is 1.00 bits per heavy atom. The molecule has 0 amide bonds. The summed E-state index contributed by atoms with van der Waals surface area (Å²) < 4.78 is 44.7. The zero-order valence-corrected chi connectivity index (χ0v) is 11.7. The van der Waals surface area contributed by atoms with Gasteiger partial charge < -0.3 is 10.5 Å². The fourth-order valence-electron chi connectivity index (χ4n) is 1.50. The van der Waals surface area contributed by atoms with Crippen molar-refractivity contribution in [2.45, 2.75) is 6.18 Å². The van der Waals surface area contributed by atoms with Gasteiger partial charge in [0.25, 0.3) is 0 Å². The van der Waals surface area contributed by atoms with E-state index in [-0.39, 0.29) is 11.4 Å². The molecule has 2 N–H and O–H groups in total. The number of nitrogen functional groups attached to an aromatic ring is 1. The minimum Gasteiger partial charge on any atom is -0.456 e. The highest BCUT2D eigenvalue weighted by atomic mass is 127. The summed E-state index contributed by atoms with van der Waals surface area (Å²) in [6.45, 7) is 0. The van der Waals surface area contributed by atoms with E-state index < -0.39 is 11.7 Å². The quantitative estimate of drug-likeness (QED) is 0.607. The van der Waals surface area contributed by atoms with Gasteiger partial charge in [-0.1, -0.05) is 12.1 Å². The molecule has 0 saturated carbocycles. The van der Waals surface area contributed by atoms with Gasteiger partial charge >= 0.3 is 6.18 Å². The number of rotatable bonds is 2. The van der Waals surface area contributed by atoms with Crippen molar-refractivity contribution >= 4 is 28.3 Å². The molecule has 0 heterocycles. The SMILES string of the molecule is Nc1ccc(Oc2ccccc2I)c(C(F)(F)F)c1. The fraction of sp³-hybridized carbons (Fsp3) is 0.0769. The smallest absolute Gasteiger partial charge is 0.420 e. The minimum absolute atomic E-state index is 0.0439. The van der Waals surface area contributed by atoms with Gasteiger partial charge in [-0.2, -0.15) is 13.2 Å². The van der Waals surface area contributed by atoms with Crippen molar-refractivity contribution in [1.82, 2.24) is 0 Å². The first-order valence-electron chi connectivity index (χ1n) is 5.27. The Kier molecular flexibility index (Phi) is 3.88. The standard InChI is InChI=1S/C13H9F3INO/c14-13(15,16)9-7-8(18)5-6-11(9)19-12-4-2-1-3-10(12)17/h1-7H,18H2. The Balaban J connectivity index is 2.44. The lowest BCUT2D eigenvalue weighted by Crippen LogP contribution is -2.08. The fourth-order valence-corrected chi connectivity index (χ4v) is 2.00. The molecule has 2 aromatic rings. The minimum atomic E-state index is -4.51. The highest BCUT2D eigenvalue weighted by Gasteiger charge is 2.34. The summed E-state index contributed by atoms with van der Waals surface area (Å²) in [6, 6.07) is 10.3. The number of anilines is 1. The summed E-state index contributed by atoms with van der Waals surface area (Å²) in [5.41, 5.74) is 4.55. The maximum atomic E-state index is 12.9. The van der Waals surface area contributed by atoms with Crippen molar-refractivity contribution in [3.8, 4) is 11.5 Å². The Bertz CT molecular complexity index is 599. The van der Waals surface area contributed by atoms with Gasteiger partial charge in [0.2, 0.25) is 0 Å². The number of ether oxygens (including phenoxy) is 1. The molecule has 2 aromatic carbocycles. The molecule has 100 valence electrons. The van der Waals surface area contributed by atoms with Crippen LogP contribution < -0.4 is 10.5 Å². The third-order valence-electron chi connectivity index (χ3n) is 2.37. The van der Waals surface area contributed by atoms with Crippen molar-refractivity contribution in [1.29, 1.82) is 0 Å². The van der Waals surface area contributed by atoms with Crippen molar-refractivity contribution in [2.24, 2.45) is 0 Å². The number of alkyl halides is 3. The maximum absolute atomic E-state index is 12.9. The highest BCUT2D eigenvalue weighted by molar-refractivity contribution is 14.1. The molecule has 0 unspecified atom stereocenters. The molecule has 2 nitrogen and oxygen atoms in total. The van der Waals surface area contributed by atoms with Gasteiger partial charge in [0.05, 0.1) is 3.57 Å². The molecule has 0 aromatic heterocycles. The normalized spacial score (nSPS) is 11.4. The highest BCUT2D eigenvalue weighted by Crippen LogP contribution is 2.39. The monoisotopic (exact) mass is 379 g/mol. The average Bonchev–Trinajstić information content (AvgIpc) is 2.33. The molecule has 0 bridgehead atoms. The number of nitrogens with two attached hydrogens (primary N) is 1. The largest absolute Gasteiger partial charge is 0.456 e. The molecule has 19 heavy (non-hydrogen) atoms. The number of halogens is 4. The van der Waals surface area contributed by atoms with Gasteiger partial charge in [0.1, 0.15) is 17.1 Å². The number of hydrogen-bond donors (Lipinski definition) is 1. The molecule has 0 aliphatic heterocycles. The molecule has 0 atom stereocenters. The summed E-state index contributed by atoms with van der Waals surface area (Å²) >= 11 is 2.00. The second kappa shape index (κ2) is 5.28. The van der Waals surface area contributed by atoms with E-state index in [0.29, 0.717) is 5.75 Å². The first-order valence-corrected chi connectivity index (χ1v) is 6.35. The van der Waals surface area contributed by atoms with Crippen molar-refractivity contribution in [3.63, 3.8) is 0 Å². The van der Waals surface area contributed by atoms with Crippen molar-refractivity contribution in [2.75, 3.05) is 5.73 Å². The molecule has 0 aliphatic rings. The van der Waals surface area contributed by atoms with Gasteiger partial charge in [0, 0.05) is 5.69 Å². The first-order chi connectivity index (χ1) is 8.88. The Morgan fingerprint density at radius 2 is 1.68 bits per heavy atom. The summed E-state index contributed by atoms with van der Waals surface area (Å²) in [6.07, 6.45) is -4.51. The van der Waals surface area contributed by atoms with Gasteiger partial charge in [0.15, 0.2) is 0 Å². The van der Waals surface area contributed by atoms with Crippen LogP contribution in [0.15, 0.2) is 42.5 Å². The van der Waals surface area contributed by atoms with Gasteiger partial charge in [-0.25, -0.2) is 0 Å². The third-order valence-corrected chi connectivity index (χ3v) is 3.26. The predicted molar refractivity (Wildman–Crippen MR) is 75.1 cm³/mol. The lowest BCUT2D eigenvalue weighted by Gasteiger charge is -2.15. The topological polar surface area (TPSA) is 35.2 Å². The van der Waals surface area contributed by atoms with Crippen LogP contribution in [0.25, 0.3) is 0 Å². The maximum Gasteiger partial charge on any atom is 0.420 e. The number of para-hydroxylation sites is 1. The van der Waals surface area contributed by atoms with Crippen LogP contribution in [-0.2, 0) is 6.18 Å². The summed E-state index contributed by atoms with van der Waals surface area (Å²) in [4.78, 5) is 0. The van der Waals surface area contributed by atoms with E-state index in [1.807, 2.05) is 22.6 Å². The van der Waals surface area contributed by atoms with E-state index in [9.17, 15) is 13.2 Å². The molecule has 2 rings (SSSR count). The predicted octanol–water partition coefficient (Wildman–Crippen LogP) is 4.68. The number of hydrogen-bond acceptors (Lipinski definition) is 2. The zero-order chi connectivity index (χ0) is 14.0. The van der Waals surface area contributed by atoms with E-state index in [1.54, 1.807) is 24.3 Å². The van der Waals surface area contributed by atoms with E-state index in [0.717, 1.165) is 9.64 Å². The summed E-state index contributed by atoms with van der Waals surface area (Å²) in [5, 5.41) is 0. The zero-order valence-electron chi connectivity index (χ0n) is 9.54. The van der Waals surface area contributed by atoms with E-state index in [4.69, 9.17) is 10.5 Å². The van der Waals surface area contributed by atoms with Crippen LogP contribution in [0.2, 0.25) is 0 Å². The van der Waals surface area contributed by atoms with E-state index in [1.165, 1.54) is 12.1 Å². The van der Waals surface area contributed by atoms with Crippen molar-refractivity contribution < 1.29 is 17.9 Å². The molecular weight excluding hydrogens is 370 g/mol. The molecular formula is C13H9F3INO. The summed E-state index contributed by atoms with van der Waals surface area (Å²) in [7, 11) is 0. The van der Waals surface area contributed by atoms with Gasteiger partial charge in [-0.15, -0.1) is 0 Å². The molecule has 6 heteroatoms. The molecule has 0 fully saturated rings. The van der Waals surface area contributed by atoms with E-state index in [2.05, 4.69) is 0 Å². The Morgan fingerprint density at radius 3 is 2.32 bits per heavy atom. The van der Waals surface area contributed by atoms with Crippen LogP contribution in [0.1, 0.15) is 5.56 Å². The number of benzene rings is 2. The first kappa shape index (κ1) is 14.0. The molecule has 0 radical (unpaired) electrons. The molecule has 0 spiro atoms. The van der Waals surface area contributed by atoms with Crippen LogP contribution in [0, 0.1) is 3.57 Å². The van der Waals surface area contributed by atoms with Crippen LogP contribution in [0.4, 0.5) is 18.9 Å². The second-order valence-electron chi connectivity index (χ2n) is 3.79. The molecule has 0 aliphatic carbocycles. The Hall–Kier alpha value is -1.44. The van der Waals surface area contributed by atoms with Crippen LogP contribution in [0.5, 0.6) is 11.5 Å². The Labute approximate surface area is 121 Å².